The van der Waals surface area contributed by atoms with Gasteiger partial charge in [-0.05, 0) is 56.1 Å². The Hall–Kier alpha value is -4.25. The Morgan fingerprint density at radius 1 is 1.06 bits per heavy atom. The predicted molar refractivity (Wildman–Crippen MR) is 140 cm³/mol. The van der Waals surface area contributed by atoms with Crippen molar-refractivity contribution in [2.24, 2.45) is 22.2 Å². The molecule has 0 aliphatic carbocycles. The van der Waals surface area contributed by atoms with E-state index in [4.69, 9.17) is 16.6 Å². The number of ketones is 1. The van der Waals surface area contributed by atoms with Crippen LogP contribution in [0.25, 0.3) is 0 Å². The van der Waals surface area contributed by atoms with Crippen LogP contribution in [0.2, 0.25) is 0 Å². The van der Waals surface area contributed by atoms with Gasteiger partial charge in [0.2, 0.25) is 11.8 Å². The van der Waals surface area contributed by atoms with E-state index in [0.29, 0.717) is 30.6 Å². The summed E-state index contributed by atoms with van der Waals surface area (Å²) < 4.78 is 0. The molecule has 11 heteroatoms. The van der Waals surface area contributed by atoms with E-state index in [1.165, 1.54) is 13.4 Å². The number of rotatable bonds is 10. The number of hydrogen-bond donors (Lipinski definition) is 6. The van der Waals surface area contributed by atoms with Crippen molar-refractivity contribution in [3.63, 3.8) is 0 Å². The van der Waals surface area contributed by atoms with Gasteiger partial charge in [-0.1, -0.05) is 24.3 Å². The molecular formula is C25H34N6O5. The molecule has 0 saturated carbocycles. The van der Waals surface area contributed by atoms with Crippen molar-refractivity contribution in [2.45, 2.75) is 38.1 Å². The Labute approximate surface area is 210 Å². The number of nitrogens with zero attached hydrogens (tertiary/aromatic N) is 1. The topological polar surface area (TPSA) is 203 Å². The summed E-state index contributed by atoms with van der Waals surface area (Å²) in [4.78, 5) is 48.3. The van der Waals surface area contributed by atoms with Crippen LogP contribution >= 0.6 is 0 Å². The molecule has 194 valence electrons. The highest BCUT2D eigenvalue weighted by Crippen LogP contribution is 2.24. The van der Waals surface area contributed by atoms with Gasteiger partial charge in [-0.15, -0.1) is 0 Å². The van der Waals surface area contributed by atoms with Crippen molar-refractivity contribution >= 4 is 41.3 Å². The minimum atomic E-state index is -0.891. The first kappa shape index (κ1) is 29.8. The summed E-state index contributed by atoms with van der Waals surface area (Å²) in [6.07, 6.45) is 3.91. The molecule has 1 aliphatic heterocycles. The third kappa shape index (κ3) is 10.3. The van der Waals surface area contributed by atoms with Crippen LogP contribution < -0.4 is 27.8 Å². The maximum Gasteiger partial charge on any atom is 0.303 e. The van der Waals surface area contributed by atoms with Crippen LogP contribution in [0.3, 0.4) is 0 Å². The van der Waals surface area contributed by atoms with Gasteiger partial charge in [-0.25, -0.2) is 0 Å². The summed E-state index contributed by atoms with van der Waals surface area (Å²) >= 11 is 0. The normalized spacial score (nSPS) is 13.4. The third-order valence-corrected chi connectivity index (χ3v) is 4.95. The number of Topliss-reactive ketones (excluding diaryl/α,β-unsaturated/α-hetero) is 1. The number of fused-ring (bicyclic) bond motifs is 1. The van der Waals surface area contributed by atoms with E-state index in [2.05, 4.69) is 21.4 Å². The fourth-order valence-corrected chi connectivity index (χ4v) is 3.19. The van der Waals surface area contributed by atoms with Crippen LogP contribution in [0.4, 0.5) is 11.4 Å². The number of nitrogens with two attached hydrogens (primary N) is 3. The quantitative estimate of drug-likeness (QED) is 0.122. The number of amides is 2. The summed E-state index contributed by atoms with van der Waals surface area (Å²) in [7, 11) is 1.50. The van der Waals surface area contributed by atoms with E-state index >= 15 is 0 Å². The number of aliphatic imine (C=N–C) groups is 1. The van der Waals surface area contributed by atoms with Crippen molar-refractivity contribution in [1.82, 2.24) is 0 Å². The molecule has 1 unspecified atom stereocenters. The Morgan fingerprint density at radius 2 is 1.72 bits per heavy atom. The minimum Gasteiger partial charge on any atom is -0.481 e. The molecule has 11 nitrogen and oxygen atoms in total. The SMILES string of the molecule is CN.NC(=O)C1Nc2ccccc2C1=O.NC=NCCCCC(=O)Nc1ccc(CCC(=O)O)cc1. The van der Waals surface area contributed by atoms with Crippen LogP contribution in [0.15, 0.2) is 53.5 Å². The molecule has 2 aromatic rings. The van der Waals surface area contributed by atoms with Crippen molar-refractivity contribution in [1.29, 1.82) is 0 Å². The molecule has 0 radical (unpaired) electrons. The fraction of sp³-hybridized carbons (Fsp3) is 0.320. The second kappa shape index (κ2) is 16.4. The van der Waals surface area contributed by atoms with Crippen LogP contribution in [0.1, 0.15) is 41.6 Å². The molecule has 9 N–H and O–H groups in total. The summed E-state index contributed by atoms with van der Waals surface area (Å²) in [5, 5.41) is 14.2. The lowest BCUT2D eigenvalue weighted by molar-refractivity contribution is -0.137. The van der Waals surface area contributed by atoms with Gasteiger partial charge in [0.05, 0.1) is 6.34 Å². The lowest BCUT2D eigenvalue weighted by atomic mass is 10.1. The Morgan fingerprint density at radius 3 is 2.31 bits per heavy atom. The van der Waals surface area contributed by atoms with Gasteiger partial charge in [-0.3, -0.25) is 24.2 Å². The van der Waals surface area contributed by atoms with E-state index in [9.17, 15) is 19.2 Å². The summed E-state index contributed by atoms with van der Waals surface area (Å²) in [5.74, 6) is -1.74. The second-order valence-corrected chi connectivity index (χ2v) is 7.54. The predicted octanol–water partition coefficient (Wildman–Crippen LogP) is 1.52. The molecule has 1 aliphatic rings. The first-order valence-electron chi connectivity index (χ1n) is 11.4. The van der Waals surface area contributed by atoms with Gasteiger partial charge in [0, 0.05) is 36.3 Å². The smallest absolute Gasteiger partial charge is 0.303 e. The molecule has 1 atom stereocenters. The van der Waals surface area contributed by atoms with Gasteiger partial charge < -0.3 is 32.9 Å². The van der Waals surface area contributed by atoms with E-state index < -0.39 is 17.9 Å². The largest absolute Gasteiger partial charge is 0.481 e. The van der Waals surface area contributed by atoms with Gasteiger partial charge >= 0.3 is 5.97 Å². The molecular weight excluding hydrogens is 464 g/mol. The standard InChI is InChI=1S/C15H21N3O3.C9H8N2O2.CH5N/c16-11-17-10-2-1-3-14(19)18-13-7-4-12(5-8-13)6-9-15(20)21;10-9(13)7-8(12)5-3-1-2-4-6(5)11-7;1-2/h4-5,7-8,11H,1-3,6,9-10H2,(H2,16,17)(H,18,19)(H,20,21);1-4,7,11H,(H2,10,13);2H2,1H3. The zero-order valence-electron chi connectivity index (χ0n) is 20.3. The number of aryl methyl sites for hydroxylation is 1. The molecule has 0 fully saturated rings. The number of hydrogen-bond acceptors (Lipinski definition) is 7. The fourth-order valence-electron chi connectivity index (χ4n) is 3.19. The molecule has 2 aromatic carbocycles. The number of carboxylic acid groups (broad SMARTS) is 1. The highest BCUT2D eigenvalue weighted by molar-refractivity contribution is 6.21. The average molecular weight is 499 g/mol. The van der Waals surface area contributed by atoms with Crippen LogP contribution in [-0.2, 0) is 20.8 Å². The van der Waals surface area contributed by atoms with Crippen molar-refractivity contribution in [3.8, 4) is 0 Å². The van der Waals surface area contributed by atoms with Crippen molar-refractivity contribution in [3.05, 3.63) is 59.7 Å². The number of carbonyl (C=O) groups excluding carboxylic acids is 3. The Balaban J connectivity index is 0.000000367. The molecule has 3 rings (SSSR count). The maximum absolute atomic E-state index is 11.7. The first-order valence-corrected chi connectivity index (χ1v) is 11.4. The van der Waals surface area contributed by atoms with Gasteiger partial charge in [0.15, 0.2) is 11.8 Å². The number of anilines is 2. The minimum absolute atomic E-state index is 0.0370. The van der Waals surface area contributed by atoms with Crippen LogP contribution in [-0.4, -0.2) is 54.6 Å². The van der Waals surface area contributed by atoms with Gasteiger partial charge in [0.1, 0.15) is 0 Å². The lowest BCUT2D eigenvalue weighted by Gasteiger charge is -2.06. The second-order valence-electron chi connectivity index (χ2n) is 7.54. The zero-order valence-corrected chi connectivity index (χ0v) is 20.3. The average Bonchev–Trinajstić information content (AvgIpc) is 3.22. The zero-order chi connectivity index (χ0) is 26.9. The van der Waals surface area contributed by atoms with Crippen molar-refractivity contribution in [2.75, 3.05) is 24.2 Å². The van der Waals surface area contributed by atoms with Crippen LogP contribution in [0.5, 0.6) is 0 Å². The number of primary amides is 1. The summed E-state index contributed by atoms with van der Waals surface area (Å²) in [6.45, 7) is 0.641. The Kier molecular flexibility index (Phi) is 13.6. The Bertz CT molecular complexity index is 1040. The number of para-hydroxylation sites is 1. The van der Waals surface area contributed by atoms with Crippen LogP contribution in [0, 0.1) is 0 Å². The number of benzene rings is 2. The third-order valence-electron chi connectivity index (χ3n) is 4.95. The molecule has 36 heavy (non-hydrogen) atoms. The number of unbranched alkanes of at least 4 members (excludes halogenated alkanes) is 1. The number of carboxylic acids is 1. The summed E-state index contributed by atoms with van der Waals surface area (Å²) in [5.41, 5.74) is 17.5. The highest BCUT2D eigenvalue weighted by atomic mass is 16.4. The number of nitrogens with one attached hydrogen (secondary N) is 2. The first-order chi connectivity index (χ1) is 17.3. The van der Waals surface area contributed by atoms with Gasteiger partial charge in [0.25, 0.3) is 0 Å². The van der Waals surface area contributed by atoms with E-state index in [0.717, 1.165) is 24.1 Å². The monoisotopic (exact) mass is 498 g/mol. The van der Waals surface area contributed by atoms with Crippen molar-refractivity contribution < 1.29 is 24.3 Å². The number of aliphatic carboxylic acids is 1. The van der Waals surface area contributed by atoms with Gasteiger partial charge in [-0.2, -0.15) is 0 Å². The molecule has 1 heterocycles. The lowest BCUT2D eigenvalue weighted by Crippen LogP contribution is -2.37. The molecule has 0 bridgehead atoms. The van der Waals surface area contributed by atoms with E-state index in [1.54, 1.807) is 36.4 Å². The number of carbonyl (C=O) groups is 4. The van der Waals surface area contributed by atoms with E-state index in [-0.39, 0.29) is 18.1 Å². The molecule has 0 aromatic heterocycles. The molecule has 0 saturated heterocycles. The highest BCUT2D eigenvalue weighted by Gasteiger charge is 2.33. The maximum atomic E-state index is 11.7. The molecule has 2 amide bonds. The summed E-state index contributed by atoms with van der Waals surface area (Å²) in [6, 6.07) is 13.3. The van der Waals surface area contributed by atoms with E-state index in [1.807, 2.05) is 12.1 Å². The molecule has 0 spiro atoms.